The molecule has 1 aromatic heterocycles. The molecule has 1 heterocycles. The van der Waals surface area contributed by atoms with Crippen LogP contribution in [0.5, 0.6) is 5.75 Å². The number of benzene rings is 2. The van der Waals surface area contributed by atoms with Crippen LogP contribution in [0.3, 0.4) is 0 Å². The van der Waals surface area contributed by atoms with Crippen LogP contribution in [0.15, 0.2) is 40.8 Å². The lowest BCUT2D eigenvalue weighted by atomic mass is 10.2. The molecule has 0 saturated heterocycles. The van der Waals surface area contributed by atoms with E-state index in [0.29, 0.717) is 28.4 Å². The molecule has 0 spiro atoms. The third-order valence-electron chi connectivity index (χ3n) is 3.93. The van der Waals surface area contributed by atoms with Crippen molar-refractivity contribution in [2.45, 2.75) is 19.9 Å². The second-order valence-electron chi connectivity index (χ2n) is 5.91. The van der Waals surface area contributed by atoms with Crippen LogP contribution in [0.2, 0.25) is 0 Å². The molecule has 2 aromatic carbocycles. The van der Waals surface area contributed by atoms with Crippen molar-refractivity contribution >= 4 is 34.1 Å². The molecule has 1 unspecified atom stereocenters. The fraction of sp³-hybridized carbons (Fsp3) is 0.222. The number of nitro groups is 1. The van der Waals surface area contributed by atoms with Crippen LogP contribution >= 0.6 is 0 Å². The van der Waals surface area contributed by atoms with Crippen LogP contribution in [0, 0.1) is 17.0 Å². The van der Waals surface area contributed by atoms with Crippen molar-refractivity contribution in [3.8, 4) is 5.75 Å². The summed E-state index contributed by atoms with van der Waals surface area (Å²) in [5.74, 6) is 0.474. The quantitative estimate of drug-likeness (QED) is 0.503. The molecule has 0 aliphatic rings. The molecule has 0 fully saturated rings. The van der Waals surface area contributed by atoms with Gasteiger partial charge in [0, 0.05) is 12.6 Å². The van der Waals surface area contributed by atoms with Gasteiger partial charge >= 0.3 is 0 Å². The standard InChI is InChI=1S/C18H18N4O5/c1-10(19-12-4-7-17-15(8-12)20-11(2)27-17)18(23)21-14-6-5-13(26-3)9-16(14)22(24)25/h4-10,19H,1-3H3,(H,21,23). The monoisotopic (exact) mass is 370 g/mol. The molecule has 140 valence electrons. The molecular weight excluding hydrogens is 352 g/mol. The van der Waals surface area contributed by atoms with Crippen LogP contribution in [0.25, 0.3) is 11.1 Å². The second-order valence-corrected chi connectivity index (χ2v) is 5.91. The van der Waals surface area contributed by atoms with Gasteiger partial charge in [-0.1, -0.05) is 0 Å². The molecule has 9 heteroatoms. The number of aromatic nitrogens is 1. The van der Waals surface area contributed by atoms with Gasteiger partial charge in [-0.05, 0) is 37.3 Å². The van der Waals surface area contributed by atoms with E-state index in [1.807, 2.05) is 0 Å². The molecule has 1 amide bonds. The number of oxazole rings is 1. The Kier molecular flexibility index (Phi) is 4.93. The summed E-state index contributed by atoms with van der Waals surface area (Å²) >= 11 is 0. The Balaban J connectivity index is 1.74. The number of aryl methyl sites for hydroxylation is 1. The molecule has 3 aromatic rings. The summed E-state index contributed by atoms with van der Waals surface area (Å²) in [7, 11) is 1.41. The zero-order valence-corrected chi connectivity index (χ0v) is 15.0. The Morgan fingerprint density at radius 1 is 1.30 bits per heavy atom. The van der Waals surface area contributed by atoms with Crippen molar-refractivity contribution < 1.29 is 18.9 Å². The summed E-state index contributed by atoms with van der Waals surface area (Å²) in [4.78, 5) is 27.4. The number of hydrogen-bond acceptors (Lipinski definition) is 7. The van der Waals surface area contributed by atoms with Crippen molar-refractivity contribution in [1.29, 1.82) is 0 Å². The minimum Gasteiger partial charge on any atom is -0.496 e. The summed E-state index contributed by atoms with van der Waals surface area (Å²) in [6.45, 7) is 3.41. The van der Waals surface area contributed by atoms with Crippen molar-refractivity contribution in [3.05, 3.63) is 52.4 Å². The highest BCUT2D eigenvalue weighted by Crippen LogP contribution is 2.29. The van der Waals surface area contributed by atoms with Gasteiger partial charge in [0.25, 0.3) is 5.69 Å². The van der Waals surface area contributed by atoms with Crippen molar-refractivity contribution in [2.75, 3.05) is 17.7 Å². The van der Waals surface area contributed by atoms with E-state index in [4.69, 9.17) is 9.15 Å². The fourth-order valence-electron chi connectivity index (χ4n) is 2.58. The maximum atomic E-state index is 12.5. The highest BCUT2D eigenvalue weighted by Gasteiger charge is 2.20. The lowest BCUT2D eigenvalue weighted by Crippen LogP contribution is -2.32. The number of rotatable bonds is 6. The predicted octanol–water partition coefficient (Wildman–Crippen LogP) is 3.49. The minimum absolute atomic E-state index is 0.0991. The summed E-state index contributed by atoms with van der Waals surface area (Å²) in [5, 5.41) is 16.8. The smallest absolute Gasteiger partial charge is 0.296 e. The maximum absolute atomic E-state index is 12.5. The van der Waals surface area contributed by atoms with Crippen molar-refractivity contribution in [3.63, 3.8) is 0 Å². The summed E-state index contributed by atoms with van der Waals surface area (Å²) in [6.07, 6.45) is 0. The number of ether oxygens (including phenoxy) is 1. The molecule has 1 atom stereocenters. The summed E-state index contributed by atoms with van der Waals surface area (Å²) in [5.41, 5.74) is 1.87. The Bertz CT molecular complexity index is 1010. The van der Waals surface area contributed by atoms with E-state index < -0.39 is 16.9 Å². The van der Waals surface area contributed by atoms with Crippen molar-refractivity contribution in [1.82, 2.24) is 4.98 Å². The third kappa shape index (κ3) is 3.97. The summed E-state index contributed by atoms with van der Waals surface area (Å²) in [6, 6.07) is 8.90. The lowest BCUT2D eigenvalue weighted by molar-refractivity contribution is -0.384. The van der Waals surface area contributed by atoms with Crippen molar-refractivity contribution in [2.24, 2.45) is 0 Å². The number of carbonyl (C=O) groups excluding carboxylic acids is 1. The first-order chi connectivity index (χ1) is 12.9. The highest BCUT2D eigenvalue weighted by molar-refractivity contribution is 5.98. The number of nitrogens with zero attached hydrogens (tertiary/aromatic N) is 2. The molecule has 2 N–H and O–H groups in total. The van der Waals surface area contributed by atoms with Crippen LogP contribution in [0.4, 0.5) is 17.1 Å². The van der Waals surface area contributed by atoms with Crippen LogP contribution < -0.4 is 15.4 Å². The largest absolute Gasteiger partial charge is 0.496 e. The number of carbonyl (C=O) groups is 1. The van der Waals surface area contributed by atoms with E-state index in [1.165, 1.54) is 19.2 Å². The molecule has 0 aliphatic carbocycles. The Morgan fingerprint density at radius 3 is 2.78 bits per heavy atom. The molecule has 0 aliphatic heterocycles. The summed E-state index contributed by atoms with van der Waals surface area (Å²) < 4.78 is 10.4. The molecule has 9 nitrogen and oxygen atoms in total. The van der Waals surface area contributed by atoms with Crippen LogP contribution in [0.1, 0.15) is 12.8 Å². The van der Waals surface area contributed by atoms with Gasteiger partial charge in [-0.15, -0.1) is 0 Å². The van der Waals surface area contributed by atoms with E-state index in [-0.39, 0.29) is 11.4 Å². The average Bonchev–Trinajstić information content (AvgIpc) is 3.01. The lowest BCUT2D eigenvalue weighted by Gasteiger charge is -2.15. The van der Waals surface area contributed by atoms with Gasteiger partial charge in [0.05, 0.1) is 18.1 Å². The number of anilines is 2. The van der Waals surface area contributed by atoms with Crippen LogP contribution in [-0.2, 0) is 4.79 Å². The van der Waals surface area contributed by atoms with Gasteiger partial charge < -0.3 is 19.8 Å². The van der Waals surface area contributed by atoms with Gasteiger partial charge in [0.15, 0.2) is 11.5 Å². The van der Waals surface area contributed by atoms with E-state index >= 15 is 0 Å². The van der Waals surface area contributed by atoms with E-state index in [0.717, 1.165) is 0 Å². The first-order valence-electron chi connectivity index (χ1n) is 8.14. The van der Waals surface area contributed by atoms with Gasteiger partial charge in [-0.2, -0.15) is 0 Å². The fourth-order valence-corrected chi connectivity index (χ4v) is 2.58. The SMILES string of the molecule is COc1ccc(NC(=O)C(C)Nc2ccc3oc(C)nc3c2)c([N+](=O)[O-])c1. The first kappa shape index (κ1) is 18.2. The second kappa shape index (κ2) is 7.32. The zero-order chi connectivity index (χ0) is 19.6. The highest BCUT2D eigenvalue weighted by atomic mass is 16.6. The average molecular weight is 370 g/mol. The molecular formula is C18H18N4O5. The molecule has 0 bridgehead atoms. The van der Waals surface area contributed by atoms with Gasteiger partial charge in [0.1, 0.15) is 23.0 Å². The first-order valence-corrected chi connectivity index (χ1v) is 8.14. The topological polar surface area (TPSA) is 120 Å². The number of nitro benzene ring substituents is 1. The molecule has 3 rings (SSSR count). The maximum Gasteiger partial charge on any atom is 0.296 e. The van der Waals surface area contributed by atoms with Crippen LogP contribution in [-0.4, -0.2) is 29.0 Å². The Hall–Kier alpha value is -3.62. The minimum atomic E-state index is -0.642. The normalized spacial score (nSPS) is 11.8. The Labute approximate surface area is 154 Å². The zero-order valence-electron chi connectivity index (χ0n) is 15.0. The van der Waals surface area contributed by atoms with E-state index in [2.05, 4.69) is 15.6 Å². The number of amides is 1. The van der Waals surface area contributed by atoms with E-state index in [1.54, 1.807) is 38.1 Å². The third-order valence-corrected chi connectivity index (χ3v) is 3.93. The molecule has 0 radical (unpaired) electrons. The predicted molar refractivity (Wildman–Crippen MR) is 100 cm³/mol. The van der Waals surface area contributed by atoms with Gasteiger partial charge in [-0.25, -0.2) is 4.98 Å². The Morgan fingerprint density at radius 2 is 2.07 bits per heavy atom. The number of nitrogens with one attached hydrogen (secondary N) is 2. The number of methoxy groups -OCH3 is 1. The molecule has 0 saturated carbocycles. The van der Waals surface area contributed by atoms with E-state index in [9.17, 15) is 14.9 Å². The number of fused-ring (bicyclic) bond motifs is 1. The molecule has 27 heavy (non-hydrogen) atoms. The van der Waals surface area contributed by atoms with Gasteiger partial charge in [-0.3, -0.25) is 14.9 Å². The van der Waals surface area contributed by atoms with Gasteiger partial charge in [0.2, 0.25) is 5.91 Å². The number of hydrogen-bond donors (Lipinski definition) is 2.